The molecule has 1 aliphatic rings. The number of nitrogens with zero attached hydrogens (tertiary/aromatic N) is 3. The first kappa shape index (κ1) is 16.1. The first-order valence-corrected chi connectivity index (χ1v) is 8.26. The zero-order valence-corrected chi connectivity index (χ0v) is 13.5. The molecule has 1 unspecified atom stereocenters. The van der Waals surface area contributed by atoms with Gasteiger partial charge in [0.05, 0.1) is 17.3 Å². The standard InChI is InChI=1S/C15H23N3O2S/c1-3-14(10-19)17-6-8-18(9-7-17)15(20)5-4-13-11-21-12(2)16-13/h4-5,11,14,19H,3,6-10H2,1-2H3/b5-4+. The van der Waals surface area contributed by atoms with E-state index in [1.54, 1.807) is 23.5 Å². The van der Waals surface area contributed by atoms with Gasteiger partial charge in [-0.2, -0.15) is 0 Å². The number of aryl methyl sites for hydroxylation is 1. The zero-order chi connectivity index (χ0) is 15.2. The van der Waals surface area contributed by atoms with Gasteiger partial charge >= 0.3 is 0 Å². The molecular formula is C15H23N3O2S. The van der Waals surface area contributed by atoms with Crippen LogP contribution in [0.2, 0.25) is 0 Å². The highest BCUT2D eigenvalue weighted by molar-refractivity contribution is 7.09. The number of carbonyl (C=O) groups is 1. The molecule has 0 saturated carbocycles. The average Bonchev–Trinajstić information content (AvgIpc) is 2.92. The van der Waals surface area contributed by atoms with Crippen molar-refractivity contribution in [3.63, 3.8) is 0 Å². The minimum Gasteiger partial charge on any atom is -0.395 e. The summed E-state index contributed by atoms with van der Waals surface area (Å²) in [6, 6.07) is 0.218. The normalized spacial score (nSPS) is 18.3. The van der Waals surface area contributed by atoms with Crippen molar-refractivity contribution in [1.82, 2.24) is 14.8 Å². The molecule has 1 aromatic rings. The van der Waals surface area contributed by atoms with Gasteiger partial charge in [0.25, 0.3) is 0 Å². The van der Waals surface area contributed by atoms with Gasteiger partial charge in [-0.25, -0.2) is 4.98 Å². The number of rotatable bonds is 5. The Labute approximate surface area is 129 Å². The molecule has 0 spiro atoms. The van der Waals surface area contributed by atoms with Crippen LogP contribution >= 0.6 is 11.3 Å². The van der Waals surface area contributed by atoms with Crippen molar-refractivity contribution in [2.45, 2.75) is 26.3 Å². The van der Waals surface area contributed by atoms with E-state index in [2.05, 4.69) is 16.8 Å². The summed E-state index contributed by atoms with van der Waals surface area (Å²) in [6.07, 6.45) is 4.32. The Balaban J connectivity index is 1.84. The predicted octanol–water partition coefficient (Wildman–Crippen LogP) is 1.38. The maximum atomic E-state index is 12.1. The second-order valence-corrected chi connectivity index (χ2v) is 6.29. The fraction of sp³-hybridized carbons (Fsp3) is 0.600. The zero-order valence-electron chi connectivity index (χ0n) is 12.7. The Morgan fingerprint density at radius 3 is 2.71 bits per heavy atom. The lowest BCUT2D eigenvalue weighted by molar-refractivity contribution is -0.128. The lowest BCUT2D eigenvalue weighted by Crippen LogP contribution is -2.52. The van der Waals surface area contributed by atoms with Crippen LogP contribution in [0.25, 0.3) is 6.08 Å². The molecule has 1 N–H and O–H groups in total. The number of amides is 1. The van der Waals surface area contributed by atoms with E-state index in [9.17, 15) is 9.90 Å². The van der Waals surface area contributed by atoms with Crippen LogP contribution in [0, 0.1) is 6.92 Å². The van der Waals surface area contributed by atoms with Crippen LogP contribution in [0.15, 0.2) is 11.5 Å². The number of carbonyl (C=O) groups excluding carboxylic acids is 1. The second-order valence-electron chi connectivity index (χ2n) is 5.23. The van der Waals surface area contributed by atoms with E-state index >= 15 is 0 Å². The molecule has 2 rings (SSSR count). The second kappa shape index (κ2) is 7.68. The third-order valence-electron chi connectivity index (χ3n) is 3.86. The molecule has 1 aromatic heterocycles. The Hall–Kier alpha value is -1.24. The highest BCUT2D eigenvalue weighted by Crippen LogP contribution is 2.11. The van der Waals surface area contributed by atoms with Crippen LogP contribution in [-0.2, 0) is 4.79 Å². The van der Waals surface area contributed by atoms with Crippen molar-refractivity contribution in [3.8, 4) is 0 Å². The SMILES string of the molecule is CCC(CO)N1CCN(C(=O)/C=C/c2csc(C)n2)CC1. The predicted molar refractivity (Wildman–Crippen MR) is 85.2 cm³/mol. The molecule has 5 nitrogen and oxygen atoms in total. The summed E-state index contributed by atoms with van der Waals surface area (Å²) in [4.78, 5) is 20.6. The Kier molecular flexibility index (Phi) is 5.90. The van der Waals surface area contributed by atoms with Crippen LogP contribution < -0.4 is 0 Å². The van der Waals surface area contributed by atoms with Crippen LogP contribution in [0.5, 0.6) is 0 Å². The van der Waals surface area contributed by atoms with Gasteiger partial charge in [-0.3, -0.25) is 9.69 Å². The van der Waals surface area contributed by atoms with Gasteiger partial charge in [0.1, 0.15) is 0 Å². The van der Waals surface area contributed by atoms with E-state index in [-0.39, 0.29) is 18.6 Å². The number of hydrogen-bond acceptors (Lipinski definition) is 5. The summed E-state index contributed by atoms with van der Waals surface area (Å²) < 4.78 is 0. The average molecular weight is 309 g/mol. The molecule has 0 radical (unpaired) electrons. The quantitative estimate of drug-likeness (QED) is 0.835. The van der Waals surface area contributed by atoms with Crippen LogP contribution in [0.1, 0.15) is 24.0 Å². The van der Waals surface area contributed by atoms with Gasteiger partial charge in [0.15, 0.2) is 0 Å². The minimum atomic E-state index is 0.0392. The number of aliphatic hydroxyl groups excluding tert-OH is 1. The number of aliphatic hydroxyl groups is 1. The highest BCUT2D eigenvalue weighted by atomic mass is 32.1. The summed E-state index contributed by atoms with van der Waals surface area (Å²) in [5.74, 6) is 0.0392. The van der Waals surface area contributed by atoms with E-state index in [0.717, 1.165) is 43.3 Å². The molecule has 1 aliphatic heterocycles. The van der Waals surface area contributed by atoms with Gasteiger partial charge in [0, 0.05) is 43.7 Å². The molecule has 1 atom stereocenters. The first-order valence-electron chi connectivity index (χ1n) is 7.38. The molecule has 116 valence electrons. The molecule has 1 fully saturated rings. The monoisotopic (exact) mass is 309 g/mol. The summed E-state index contributed by atoms with van der Waals surface area (Å²) >= 11 is 1.58. The van der Waals surface area contributed by atoms with Gasteiger partial charge in [-0.15, -0.1) is 11.3 Å². The minimum absolute atomic E-state index is 0.0392. The van der Waals surface area contributed by atoms with Crippen LogP contribution in [0.3, 0.4) is 0 Å². The maximum absolute atomic E-state index is 12.1. The number of thiazole rings is 1. The Bertz CT molecular complexity index is 489. The fourth-order valence-electron chi connectivity index (χ4n) is 2.53. The number of aromatic nitrogens is 1. The van der Waals surface area contributed by atoms with E-state index in [1.165, 1.54) is 0 Å². The van der Waals surface area contributed by atoms with Crippen LogP contribution in [-0.4, -0.2) is 64.6 Å². The summed E-state index contributed by atoms with van der Waals surface area (Å²) in [7, 11) is 0. The van der Waals surface area contributed by atoms with Crippen molar-refractivity contribution in [1.29, 1.82) is 0 Å². The van der Waals surface area contributed by atoms with Gasteiger partial charge in [-0.1, -0.05) is 6.92 Å². The molecule has 0 bridgehead atoms. The lowest BCUT2D eigenvalue weighted by atomic mass is 10.1. The summed E-state index contributed by atoms with van der Waals surface area (Å²) in [6.45, 7) is 7.31. The van der Waals surface area contributed by atoms with E-state index < -0.39 is 0 Å². The molecule has 1 amide bonds. The van der Waals surface area contributed by atoms with Crippen molar-refractivity contribution in [3.05, 3.63) is 22.2 Å². The van der Waals surface area contributed by atoms with Crippen molar-refractivity contribution in [2.24, 2.45) is 0 Å². The van der Waals surface area contributed by atoms with E-state index in [0.29, 0.717) is 0 Å². The largest absolute Gasteiger partial charge is 0.395 e. The topological polar surface area (TPSA) is 56.7 Å². The molecular weight excluding hydrogens is 286 g/mol. The van der Waals surface area contributed by atoms with Gasteiger partial charge in [0.2, 0.25) is 5.91 Å². The fourth-order valence-corrected chi connectivity index (χ4v) is 3.11. The van der Waals surface area contributed by atoms with Crippen LogP contribution in [0.4, 0.5) is 0 Å². The lowest BCUT2D eigenvalue weighted by Gasteiger charge is -2.38. The Morgan fingerprint density at radius 1 is 1.48 bits per heavy atom. The molecule has 0 aromatic carbocycles. The summed E-state index contributed by atoms with van der Waals surface area (Å²) in [5, 5.41) is 12.3. The summed E-state index contributed by atoms with van der Waals surface area (Å²) in [5.41, 5.74) is 0.843. The number of piperazine rings is 1. The Morgan fingerprint density at radius 2 is 2.19 bits per heavy atom. The highest BCUT2D eigenvalue weighted by Gasteiger charge is 2.23. The third-order valence-corrected chi connectivity index (χ3v) is 4.65. The van der Waals surface area contributed by atoms with Crippen molar-refractivity contribution in [2.75, 3.05) is 32.8 Å². The smallest absolute Gasteiger partial charge is 0.246 e. The van der Waals surface area contributed by atoms with Crippen molar-refractivity contribution < 1.29 is 9.90 Å². The first-order chi connectivity index (χ1) is 10.1. The number of hydrogen-bond donors (Lipinski definition) is 1. The molecule has 1 saturated heterocycles. The van der Waals surface area contributed by atoms with E-state index in [4.69, 9.17) is 0 Å². The molecule has 0 aliphatic carbocycles. The molecule has 21 heavy (non-hydrogen) atoms. The van der Waals surface area contributed by atoms with E-state index in [1.807, 2.05) is 17.2 Å². The van der Waals surface area contributed by atoms with Crippen molar-refractivity contribution >= 4 is 23.3 Å². The van der Waals surface area contributed by atoms with Gasteiger partial charge in [-0.05, 0) is 19.4 Å². The van der Waals surface area contributed by atoms with Gasteiger partial charge < -0.3 is 10.0 Å². The maximum Gasteiger partial charge on any atom is 0.246 e. The molecule has 6 heteroatoms. The molecule has 2 heterocycles. The third kappa shape index (κ3) is 4.36.